The summed E-state index contributed by atoms with van der Waals surface area (Å²) in [6, 6.07) is 2.62. The molecule has 0 saturated carbocycles. The summed E-state index contributed by atoms with van der Waals surface area (Å²) in [4.78, 5) is 36.2. The molecule has 1 aliphatic heterocycles. The first-order valence-corrected chi connectivity index (χ1v) is 5.78. The summed E-state index contributed by atoms with van der Waals surface area (Å²) in [5.41, 5.74) is -1.38. The van der Waals surface area contributed by atoms with E-state index in [1.54, 1.807) is 0 Å². The lowest BCUT2D eigenvalue weighted by molar-refractivity contribution is -0.140. The van der Waals surface area contributed by atoms with Crippen molar-refractivity contribution in [3.8, 4) is 0 Å². The maximum absolute atomic E-state index is 13.4. The molecule has 0 aliphatic carbocycles. The average molecular weight is 285 g/mol. The number of benzene rings is 1. The van der Waals surface area contributed by atoms with Crippen LogP contribution in [0.5, 0.6) is 0 Å². The van der Waals surface area contributed by atoms with E-state index < -0.39 is 29.1 Å². The summed E-state index contributed by atoms with van der Waals surface area (Å²) in [5, 5.41) is 1.93. The molecular weight excluding hydrogens is 275 g/mol. The normalized spacial score (nSPS) is 18.5. The third-order valence-electron chi connectivity index (χ3n) is 2.89. The van der Waals surface area contributed by atoms with Crippen LogP contribution in [0, 0.1) is 11.2 Å². The summed E-state index contributed by atoms with van der Waals surface area (Å²) in [6.07, 6.45) is 0. The first-order chi connectivity index (χ1) is 8.75. The Kier molecular flexibility index (Phi) is 3.06. The standard InChI is InChI=1S/C12H10ClFN2O3/c1-12(2)9(17)15-11(19)16(10(12)18)6-3-4-7(13)8(14)5-6/h3-5H,1-2H3,(H,15,17,19). The molecule has 19 heavy (non-hydrogen) atoms. The maximum atomic E-state index is 13.4. The van der Waals surface area contributed by atoms with Gasteiger partial charge in [-0.3, -0.25) is 14.9 Å². The number of imide groups is 2. The zero-order chi connectivity index (χ0) is 14.4. The highest BCUT2D eigenvalue weighted by atomic mass is 35.5. The van der Waals surface area contributed by atoms with Gasteiger partial charge in [-0.1, -0.05) is 11.6 Å². The molecule has 0 atom stereocenters. The van der Waals surface area contributed by atoms with Gasteiger partial charge in [-0.25, -0.2) is 14.1 Å². The molecular formula is C12H10ClFN2O3. The van der Waals surface area contributed by atoms with Crippen molar-refractivity contribution in [1.82, 2.24) is 5.32 Å². The van der Waals surface area contributed by atoms with Gasteiger partial charge >= 0.3 is 6.03 Å². The van der Waals surface area contributed by atoms with Crippen LogP contribution in [0.1, 0.15) is 13.8 Å². The Morgan fingerprint density at radius 1 is 1.26 bits per heavy atom. The van der Waals surface area contributed by atoms with E-state index in [1.165, 1.54) is 26.0 Å². The first-order valence-electron chi connectivity index (χ1n) is 5.40. The van der Waals surface area contributed by atoms with Crippen molar-refractivity contribution >= 4 is 35.1 Å². The molecule has 0 spiro atoms. The fourth-order valence-corrected chi connectivity index (χ4v) is 1.75. The van der Waals surface area contributed by atoms with Crippen molar-refractivity contribution in [2.45, 2.75) is 13.8 Å². The molecule has 1 fully saturated rings. The number of urea groups is 1. The fourth-order valence-electron chi connectivity index (χ4n) is 1.64. The number of carbonyl (C=O) groups excluding carboxylic acids is 3. The SMILES string of the molecule is CC1(C)C(=O)NC(=O)N(c2ccc(Cl)c(F)c2)C1=O. The molecule has 100 valence electrons. The molecule has 0 radical (unpaired) electrons. The minimum Gasteiger partial charge on any atom is -0.276 e. The minimum absolute atomic E-state index is 0.0185. The molecule has 1 saturated heterocycles. The zero-order valence-electron chi connectivity index (χ0n) is 10.2. The Morgan fingerprint density at radius 3 is 2.47 bits per heavy atom. The smallest absolute Gasteiger partial charge is 0.276 e. The monoisotopic (exact) mass is 284 g/mol. The molecule has 1 heterocycles. The fraction of sp³-hybridized carbons (Fsp3) is 0.250. The summed E-state index contributed by atoms with van der Waals surface area (Å²) < 4.78 is 13.4. The second kappa shape index (κ2) is 4.31. The number of barbiturate groups is 1. The largest absolute Gasteiger partial charge is 0.335 e. The molecule has 2 rings (SSSR count). The van der Waals surface area contributed by atoms with Gasteiger partial charge in [-0.05, 0) is 32.0 Å². The second-order valence-electron chi connectivity index (χ2n) is 4.62. The quantitative estimate of drug-likeness (QED) is 0.803. The number of nitrogens with one attached hydrogen (secondary N) is 1. The lowest BCUT2D eigenvalue weighted by Crippen LogP contribution is -2.62. The molecule has 1 N–H and O–H groups in total. The number of nitrogens with zero attached hydrogens (tertiary/aromatic N) is 1. The topological polar surface area (TPSA) is 66.5 Å². The van der Waals surface area contributed by atoms with Gasteiger partial charge in [0, 0.05) is 0 Å². The first kappa shape index (κ1) is 13.5. The van der Waals surface area contributed by atoms with Crippen LogP contribution in [0.3, 0.4) is 0 Å². The summed E-state index contributed by atoms with van der Waals surface area (Å²) in [6.45, 7) is 2.77. The van der Waals surface area contributed by atoms with Crippen LogP contribution in [-0.2, 0) is 9.59 Å². The number of carbonyl (C=O) groups is 3. The van der Waals surface area contributed by atoms with E-state index in [4.69, 9.17) is 11.6 Å². The van der Waals surface area contributed by atoms with E-state index in [-0.39, 0.29) is 10.7 Å². The van der Waals surface area contributed by atoms with Crippen LogP contribution in [-0.4, -0.2) is 17.8 Å². The number of anilines is 1. The van der Waals surface area contributed by atoms with E-state index in [1.807, 2.05) is 0 Å². The Bertz CT molecular complexity index is 601. The Labute approximate surface area is 113 Å². The van der Waals surface area contributed by atoms with Crippen LogP contribution >= 0.6 is 11.6 Å². The van der Waals surface area contributed by atoms with Gasteiger partial charge in [0.05, 0.1) is 10.7 Å². The van der Waals surface area contributed by atoms with Gasteiger partial charge in [-0.15, -0.1) is 0 Å². The number of hydrogen-bond donors (Lipinski definition) is 1. The highest BCUT2D eigenvalue weighted by Crippen LogP contribution is 2.29. The highest BCUT2D eigenvalue weighted by Gasteiger charge is 2.47. The molecule has 5 nitrogen and oxygen atoms in total. The third kappa shape index (κ3) is 2.08. The molecule has 4 amide bonds. The average Bonchev–Trinajstić information content (AvgIpc) is 2.32. The molecule has 1 aromatic carbocycles. The van der Waals surface area contributed by atoms with E-state index in [9.17, 15) is 18.8 Å². The highest BCUT2D eigenvalue weighted by molar-refractivity contribution is 6.31. The van der Waals surface area contributed by atoms with E-state index in [2.05, 4.69) is 5.32 Å². The Balaban J connectivity index is 2.48. The van der Waals surface area contributed by atoms with Gasteiger partial charge < -0.3 is 0 Å². The Morgan fingerprint density at radius 2 is 1.89 bits per heavy atom. The predicted octanol–water partition coefficient (Wildman–Crippen LogP) is 2.09. The number of halogens is 2. The van der Waals surface area contributed by atoms with Crippen molar-refractivity contribution in [1.29, 1.82) is 0 Å². The van der Waals surface area contributed by atoms with Crippen LogP contribution in [0.4, 0.5) is 14.9 Å². The van der Waals surface area contributed by atoms with E-state index in [0.29, 0.717) is 0 Å². The summed E-state index contributed by atoms with van der Waals surface area (Å²) >= 11 is 5.54. The van der Waals surface area contributed by atoms with Crippen molar-refractivity contribution < 1.29 is 18.8 Å². The summed E-state index contributed by atoms with van der Waals surface area (Å²) in [5.74, 6) is -2.16. The minimum atomic E-state index is -1.40. The van der Waals surface area contributed by atoms with Gasteiger partial charge in [0.25, 0.3) is 0 Å². The molecule has 0 aromatic heterocycles. The van der Waals surface area contributed by atoms with Gasteiger partial charge in [0.1, 0.15) is 11.2 Å². The lowest BCUT2D eigenvalue weighted by Gasteiger charge is -2.34. The molecule has 7 heteroatoms. The zero-order valence-corrected chi connectivity index (χ0v) is 10.9. The third-order valence-corrected chi connectivity index (χ3v) is 3.20. The van der Waals surface area contributed by atoms with Crippen LogP contribution in [0.25, 0.3) is 0 Å². The lowest BCUT2D eigenvalue weighted by atomic mass is 9.88. The van der Waals surface area contributed by atoms with Crippen molar-refractivity contribution in [3.63, 3.8) is 0 Å². The molecule has 0 unspecified atom stereocenters. The van der Waals surface area contributed by atoms with Crippen LogP contribution < -0.4 is 10.2 Å². The number of rotatable bonds is 1. The van der Waals surface area contributed by atoms with Crippen LogP contribution in [0.15, 0.2) is 18.2 Å². The maximum Gasteiger partial charge on any atom is 0.335 e. The number of hydrogen-bond acceptors (Lipinski definition) is 3. The van der Waals surface area contributed by atoms with E-state index >= 15 is 0 Å². The van der Waals surface area contributed by atoms with Crippen molar-refractivity contribution in [2.75, 3.05) is 4.90 Å². The van der Waals surface area contributed by atoms with Gasteiger partial charge in [-0.2, -0.15) is 0 Å². The Hall–Kier alpha value is -1.95. The number of amides is 4. The molecule has 1 aromatic rings. The van der Waals surface area contributed by atoms with Crippen LogP contribution in [0.2, 0.25) is 5.02 Å². The van der Waals surface area contributed by atoms with Crippen molar-refractivity contribution in [2.24, 2.45) is 5.41 Å². The van der Waals surface area contributed by atoms with E-state index in [0.717, 1.165) is 11.0 Å². The predicted molar refractivity (Wildman–Crippen MR) is 66.2 cm³/mol. The molecule has 0 bridgehead atoms. The van der Waals surface area contributed by atoms with Gasteiger partial charge in [0.2, 0.25) is 11.8 Å². The van der Waals surface area contributed by atoms with Crippen molar-refractivity contribution in [3.05, 3.63) is 29.0 Å². The summed E-state index contributed by atoms with van der Waals surface area (Å²) in [7, 11) is 0. The second-order valence-corrected chi connectivity index (χ2v) is 5.03. The molecule has 1 aliphatic rings. The van der Waals surface area contributed by atoms with Gasteiger partial charge in [0.15, 0.2) is 0 Å².